The molecule has 4 heteroatoms. The number of hydrogen-bond donors (Lipinski definition) is 0. The number of rotatable bonds is 0. The maximum atomic E-state index is 9.01. The summed E-state index contributed by atoms with van der Waals surface area (Å²) in [6.07, 6.45) is 0.800. The van der Waals surface area contributed by atoms with Crippen molar-refractivity contribution in [2.24, 2.45) is 0 Å². The van der Waals surface area contributed by atoms with Crippen LogP contribution in [0, 0.1) is 11.3 Å². The minimum Gasteiger partial charge on any atom is -0.375 e. The molecule has 2 heterocycles. The van der Waals surface area contributed by atoms with Crippen LogP contribution >= 0.6 is 0 Å². The first-order valence-electron chi connectivity index (χ1n) is 5.13. The summed E-state index contributed by atoms with van der Waals surface area (Å²) in [5.41, 5.74) is 2.59. The summed E-state index contributed by atoms with van der Waals surface area (Å²) in [5.74, 6) is 0. The molecule has 0 aromatic carbocycles. The van der Waals surface area contributed by atoms with E-state index in [9.17, 15) is 0 Å². The molecule has 0 amide bonds. The van der Waals surface area contributed by atoms with Gasteiger partial charge in [0.1, 0.15) is 6.07 Å². The third-order valence-corrected chi connectivity index (χ3v) is 2.57. The van der Waals surface area contributed by atoms with Gasteiger partial charge in [0.2, 0.25) is 0 Å². The van der Waals surface area contributed by atoms with Gasteiger partial charge in [0.25, 0.3) is 0 Å². The van der Waals surface area contributed by atoms with Gasteiger partial charge < -0.3 is 4.74 Å². The predicted molar refractivity (Wildman–Crippen MR) is 55.3 cm³/mol. The maximum absolute atomic E-state index is 9.01. The Balaban J connectivity index is 2.58. The van der Waals surface area contributed by atoms with E-state index in [-0.39, 0.29) is 5.54 Å². The molecule has 1 aromatic heterocycles. The van der Waals surface area contributed by atoms with E-state index < -0.39 is 0 Å². The summed E-state index contributed by atoms with van der Waals surface area (Å²) in [6.45, 7) is 7.50. The fraction of sp³-hybridized carbons (Fsp3) is 0.636. The molecule has 0 radical (unpaired) electrons. The zero-order chi connectivity index (χ0) is 11.1. The SMILES string of the molecule is CC(C)(C)n1nc(C#N)c2c1COCC2. The fourth-order valence-corrected chi connectivity index (χ4v) is 1.88. The molecule has 2 rings (SSSR count). The van der Waals surface area contributed by atoms with Gasteiger partial charge in [-0.15, -0.1) is 0 Å². The van der Waals surface area contributed by atoms with E-state index in [1.165, 1.54) is 0 Å². The second kappa shape index (κ2) is 3.35. The quantitative estimate of drug-likeness (QED) is 0.646. The number of nitrogens with zero attached hydrogens (tertiary/aromatic N) is 3. The molecule has 1 aliphatic rings. The van der Waals surface area contributed by atoms with Gasteiger partial charge in [-0.05, 0) is 20.8 Å². The van der Waals surface area contributed by atoms with Crippen LogP contribution in [0.15, 0.2) is 0 Å². The van der Waals surface area contributed by atoms with Crippen LogP contribution in [-0.2, 0) is 23.3 Å². The number of nitriles is 1. The molecule has 15 heavy (non-hydrogen) atoms. The Hall–Kier alpha value is -1.34. The van der Waals surface area contributed by atoms with Crippen molar-refractivity contribution in [3.63, 3.8) is 0 Å². The van der Waals surface area contributed by atoms with Gasteiger partial charge in [-0.25, -0.2) is 0 Å². The number of ether oxygens (including phenoxy) is 1. The highest BCUT2D eigenvalue weighted by Gasteiger charge is 2.26. The van der Waals surface area contributed by atoms with Crippen LogP contribution in [0.5, 0.6) is 0 Å². The van der Waals surface area contributed by atoms with Gasteiger partial charge in [0.05, 0.1) is 24.4 Å². The molecule has 0 saturated carbocycles. The third kappa shape index (κ3) is 1.64. The standard InChI is InChI=1S/C11H15N3O/c1-11(2,3)14-10-7-15-5-4-8(10)9(6-12)13-14/h4-5,7H2,1-3H3. The lowest BCUT2D eigenvalue weighted by atomic mass is 10.1. The van der Waals surface area contributed by atoms with Crippen molar-refractivity contribution in [1.29, 1.82) is 5.26 Å². The van der Waals surface area contributed by atoms with Gasteiger partial charge >= 0.3 is 0 Å². The van der Waals surface area contributed by atoms with Crippen LogP contribution in [0.1, 0.15) is 37.7 Å². The van der Waals surface area contributed by atoms with Crippen LogP contribution < -0.4 is 0 Å². The van der Waals surface area contributed by atoms with Gasteiger partial charge in [0.15, 0.2) is 5.69 Å². The maximum Gasteiger partial charge on any atom is 0.166 e. The lowest BCUT2D eigenvalue weighted by molar-refractivity contribution is 0.0999. The summed E-state index contributed by atoms with van der Waals surface area (Å²) >= 11 is 0. The van der Waals surface area contributed by atoms with E-state index >= 15 is 0 Å². The van der Waals surface area contributed by atoms with Crippen molar-refractivity contribution in [3.8, 4) is 6.07 Å². The minimum absolute atomic E-state index is 0.0973. The average Bonchev–Trinajstić information content (AvgIpc) is 2.55. The van der Waals surface area contributed by atoms with Crippen LogP contribution in [0.25, 0.3) is 0 Å². The molecule has 0 spiro atoms. The second-order valence-electron chi connectivity index (χ2n) is 4.77. The smallest absolute Gasteiger partial charge is 0.166 e. The van der Waals surface area contributed by atoms with Gasteiger partial charge in [0, 0.05) is 12.0 Å². The van der Waals surface area contributed by atoms with Gasteiger partial charge in [-0.2, -0.15) is 10.4 Å². The zero-order valence-corrected chi connectivity index (χ0v) is 9.37. The first-order valence-corrected chi connectivity index (χ1v) is 5.13. The topological polar surface area (TPSA) is 50.8 Å². The molecular weight excluding hydrogens is 190 g/mol. The number of aromatic nitrogens is 2. The Bertz CT molecular complexity index is 420. The van der Waals surface area contributed by atoms with Crippen molar-refractivity contribution < 1.29 is 4.74 Å². The van der Waals surface area contributed by atoms with Crippen LogP contribution in [-0.4, -0.2) is 16.4 Å². The Kier molecular flexibility index (Phi) is 2.28. The summed E-state index contributed by atoms with van der Waals surface area (Å²) in [4.78, 5) is 0. The summed E-state index contributed by atoms with van der Waals surface area (Å²) in [7, 11) is 0. The molecule has 1 aliphatic heterocycles. The molecule has 0 atom stereocenters. The largest absolute Gasteiger partial charge is 0.375 e. The Morgan fingerprint density at radius 3 is 2.80 bits per heavy atom. The van der Waals surface area contributed by atoms with E-state index in [0.717, 1.165) is 17.7 Å². The van der Waals surface area contributed by atoms with Crippen molar-refractivity contribution in [2.75, 3.05) is 6.61 Å². The van der Waals surface area contributed by atoms with Crippen LogP contribution in [0.2, 0.25) is 0 Å². The van der Waals surface area contributed by atoms with Crippen LogP contribution in [0.4, 0.5) is 0 Å². The average molecular weight is 205 g/mol. The predicted octanol–water partition coefficient (Wildman–Crippen LogP) is 1.58. The van der Waals surface area contributed by atoms with E-state index in [0.29, 0.717) is 18.9 Å². The molecule has 0 bridgehead atoms. The second-order valence-corrected chi connectivity index (χ2v) is 4.77. The van der Waals surface area contributed by atoms with Crippen molar-refractivity contribution in [2.45, 2.75) is 39.3 Å². The molecule has 0 saturated heterocycles. The highest BCUT2D eigenvalue weighted by atomic mass is 16.5. The fourth-order valence-electron chi connectivity index (χ4n) is 1.88. The monoisotopic (exact) mass is 205 g/mol. The molecule has 0 unspecified atom stereocenters. The number of hydrogen-bond acceptors (Lipinski definition) is 3. The van der Waals surface area contributed by atoms with Crippen molar-refractivity contribution in [1.82, 2.24) is 9.78 Å². The zero-order valence-electron chi connectivity index (χ0n) is 9.37. The number of fused-ring (bicyclic) bond motifs is 1. The molecule has 80 valence electrons. The summed E-state index contributed by atoms with van der Waals surface area (Å²) in [6, 6.07) is 2.16. The van der Waals surface area contributed by atoms with E-state index in [1.807, 2.05) is 4.68 Å². The molecule has 4 nitrogen and oxygen atoms in total. The highest BCUT2D eigenvalue weighted by molar-refractivity contribution is 5.36. The highest BCUT2D eigenvalue weighted by Crippen LogP contribution is 2.25. The molecule has 0 fully saturated rings. The molecule has 0 aliphatic carbocycles. The summed E-state index contributed by atoms with van der Waals surface area (Å²) in [5, 5.41) is 13.4. The normalized spacial score (nSPS) is 15.9. The molecule has 1 aromatic rings. The summed E-state index contributed by atoms with van der Waals surface area (Å²) < 4.78 is 7.34. The van der Waals surface area contributed by atoms with Gasteiger partial charge in [-0.3, -0.25) is 4.68 Å². The van der Waals surface area contributed by atoms with Crippen molar-refractivity contribution in [3.05, 3.63) is 17.0 Å². The van der Waals surface area contributed by atoms with E-state index in [1.54, 1.807) is 0 Å². The Labute approximate surface area is 89.5 Å². The van der Waals surface area contributed by atoms with Crippen LogP contribution in [0.3, 0.4) is 0 Å². The first-order chi connectivity index (χ1) is 7.04. The molecular formula is C11H15N3O. The van der Waals surface area contributed by atoms with E-state index in [2.05, 4.69) is 31.9 Å². The first kappa shape index (κ1) is 10.2. The Morgan fingerprint density at radius 1 is 1.47 bits per heavy atom. The lowest BCUT2D eigenvalue weighted by Gasteiger charge is -2.24. The van der Waals surface area contributed by atoms with Crippen molar-refractivity contribution >= 4 is 0 Å². The lowest BCUT2D eigenvalue weighted by Crippen LogP contribution is -2.27. The third-order valence-electron chi connectivity index (χ3n) is 2.57. The Morgan fingerprint density at radius 2 is 2.20 bits per heavy atom. The minimum atomic E-state index is -0.0973. The van der Waals surface area contributed by atoms with E-state index in [4.69, 9.17) is 10.00 Å². The van der Waals surface area contributed by atoms with Gasteiger partial charge in [-0.1, -0.05) is 0 Å². The molecule has 0 N–H and O–H groups in total.